The lowest BCUT2D eigenvalue weighted by Crippen LogP contribution is -2.50. The highest BCUT2D eigenvalue weighted by atomic mass is 16.4. The second kappa shape index (κ2) is 6.79. The third-order valence-corrected chi connectivity index (χ3v) is 1.59. The minimum absolute atomic E-state index is 0.0751. The van der Waals surface area contributed by atoms with Crippen LogP contribution in [-0.2, 0) is 4.79 Å². The van der Waals surface area contributed by atoms with Gasteiger partial charge in [0.05, 0.1) is 13.2 Å². The summed E-state index contributed by atoms with van der Waals surface area (Å²) in [7, 11) is 0. The molecule has 0 spiro atoms. The molecule has 0 fully saturated rings. The molecule has 1 atom stereocenters. The van der Waals surface area contributed by atoms with Gasteiger partial charge in [-0.2, -0.15) is 0 Å². The van der Waals surface area contributed by atoms with Crippen molar-refractivity contribution in [2.45, 2.75) is 13.0 Å². The highest BCUT2D eigenvalue weighted by molar-refractivity contribution is 5.72. The van der Waals surface area contributed by atoms with Crippen molar-refractivity contribution in [3.8, 4) is 0 Å². The fraction of sp³-hybridized carbons (Fsp3) is 0.857. The molecule has 78 valence electrons. The van der Waals surface area contributed by atoms with Gasteiger partial charge in [-0.05, 0) is 6.92 Å². The first kappa shape index (κ1) is 12.3. The van der Waals surface area contributed by atoms with Gasteiger partial charge in [0.25, 0.3) is 0 Å². The Morgan fingerprint density at radius 2 is 2.08 bits per heavy atom. The zero-order valence-corrected chi connectivity index (χ0v) is 7.60. The van der Waals surface area contributed by atoms with E-state index < -0.39 is 12.0 Å². The molecule has 0 aliphatic heterocycles. The largest absolute Gasteiger partial charge is 0.480 e. The molecule has 0 aromatic carbocycles. The Balaban J connectivity index is 3.98. The van der Waals surface area contributed by atoms with Crippen molar-refractivity contribution in [3.63, 3.8) is 0 Å². The van der Waals surface area contributed by atoms with Crippen molar-refractivity contribution in [3.05, 3.63) is 0 Å². The maximum Gasteiger partial charge on any atom is 0.322 e. The monoisotopic (exact) mass is 192 g/mol. The number of rotatable bonds is 7. The normalized spacial score (nSPS) is 13.2. The number of carboxylic acid groups (broad SMARTS) is 1. The first-order valence-electron chi connectivity index (χ1n) is 4.08. The lowest BCUT2D eigenvalue weighted by molar-refractivity contribution is -0.144. The molecule has 6 nitrogen and oxygen atoms in total. The first-order chi connectivity index (χ1) is 6.13. The molecule has 0 aliphatic carbocycles. The second-order valence-corrected chi connectivity index (χ2v) is 2.56. The molecule has 0 heterocycles. The molecule has 0 amide bonds. The Labute approximate surface area is 76.8 Å². The maximum absolute atomic E-state index is 10.6. The number of carboxylic acids is 1. The summed E-state index contributed by atoms with van der Waals surface area (Å²) in [5, 5.41) is 27.2. The molecule has 1 unspecified atom stereocenters. The van der Waals surface area contributed by atoms with E-state index in [0.29, 0.717) is 0 Å². The van der Waals surface area contributed by atoms with Crippen molar-refractivity contribution >= 4 is 5.97 Å². The average Bonchev–Trinajstić information content (AvgIpc) is 2.11. The number of aliphatic hydroxyl groups excluding tert-OH is 2. The summed E-state index contributed by atoms with van der Waals surface area (Å²) in [4.78, 5) is 10.6. The van der Waals surface area contributed by atoms with E-state index in [4.69, 9.17) is 15.3 Å². The van der Waals surface area contributed by atoms with Crippen molar-refractivity contribution in [1.82, 2.24) is 10.4 Å². The standard InChI is InChI=1S/C7H16N2O4/c1-6(7(12)13)9(3-5-11)8-2-4-10/h6,8,10-11H,2-5H2,1H3,(H,12,13). The molecule has 0 radical (unpaired) electrons. The van der Waals surface area contributed by atoms with Gasteiger partial charge < -0.3 is 15.3 Å². The predicted molar refractivity (Wildman–Crippen MR) is 46.0 cm³/mol. The minimum atomic E-state index is -0.973. The van der Waals surface area contributed by atoms with Gasteiger partial charge in [0.1, 0.15) is 6.04 Å². The number of nitrogens with zero attached hydrogens (tertiary/aromatic N) is 1. The predicted octanol–water partition coefficient (Wildman–Crippen LogP) is -1.75. The van der Waals surface area contributed by atoms with Crippen molar-refractivity contribution in [1.29, 1.82) is 0 Å². The number of nitrogens with one attached hydrogen (secondary N) is 1. The van der Waals surface area contributed by atoms with E-state index in [1.807, 2.05) is 0 Å². The zero-order chi connectivity index (χ0) is 10.3. The van der Waals surface area contributed by atoms with Crippen molar-refractivity contribution < 1.29 is 20.1 Å². The third-order valence-electron chi connectivity index (χ3n) is 1.59. The van der Waals surface area contributed by atoms with Crippen molar-refractivity contribution in [2.75, 3.05) is 26.3 Å². The number of aliphatic carboxylic acids is 1. The first-order valence-corrected chi connectivity index (χ1v) is 4.08. The number of hydrogen-bond acceptors (Lipinski definition) is 5. The summed E-state index contributed by atoms with van der Waals surface area (Å²) in [6.07, 6.45) is 0. The summed E-state index contributed by atoms with van der Waals surface area (Å²) in [6.45, 7) is 1.79. The van der Waals surface area contributed by atoms with Crippen LogP contribution in [0.5, 0.6) is 0 Å². The van der Waals surface area contributed by atoms with Gasteiger partial charge in [0.2, 0.25) is 0 Å². The summed E-state index contributed by atoms with van der Waals surface area (Å²) in [5.74, 6) is -0.973. The van der Waals surface area contributed by atoms with Crippen LogP contribution in [0.25, 0.3) is 0 Å². The molecule has 0 aromatic heterocycles. The second-order valence-electron chi connectivity index (χ2n) is 2.56. The molecule has 0 rings (SSSR count). The highest BCUT2D eigenvalue weighted by Crippen LogP contribution is 1.94. The van der Waals surface area contributed by atoms with Crippen molar-refractivity contribution in [2.24, 2.45) is 0 Å². The number of hydrogen-bond donors (Lipinski definition) is 4. The zero-order valence-electron chi connectivity index (χ0n) is 7.60. The number of carbonyl (C=O) groups is 1. The Bertz CT molecular complexity index is 153. The maximum atomic E-state index is 10.6. The molecule has 0 bridgehead atoms. The van der Waals surface area contributed by atoms with Gasteiger partial charge >= 0.3 is 5.97 Å². The number of aliphatic hydroxyl groups is 2. The van der Waals surface area contributed by atoms with E-state index >= 15 is 0 Å². The smallest absolute Gasteiger partial charge is 0.322 e. The van der Waals surface area contributed by atoms with E-state index in [9.17, 15) is 4.79 Å². The quantitative estimate of drug-likeness (QED) is 0.357. The Hall–Kier alpha value is -0.690. The van der Waals surface area contributed by atoms with Gasteiger partial charge in [0, 0.05) is 13.1 Å². The van der Waals surface area contributed by atoms with Crippen LogP contribution < -0.4 is 5.43 Å². The van der Waals surface area contributed by atoms with Gasteiger partial charge in [-0.1, -0.05) is 0 Å². The van der Waals surface area contributed by atoms with Gasteiger partial charge in [-0.3, -0.25) is 10.2 Å². The van der Waals surface area contributed by atoms with E-state index in [0.717, 1.165) is 0 Å². The van der Waals surface area contributed by atoms with Crippen LogP contribution in [0.1, 0.15) is 6.92 Å². The van der Waals surface area contributed by atoms with Gasteiger partial charge in [-0.25, -0.2) is 5.01 Å². The molecule has 0 aliphatic rings. The Morgan fingerprint density at radius 3 is 2.46 bits per heavy atom. The molecule has 13 heavy (non-hydrogen) atoms. The van der Waals surface area contributed by atoms with Crippen LogP contribution in [0.3, 0.4) is 0 Å². The van der Waals surface area contributed by atoms with Gasteiger partial charge in [-0.15, -0.1) is 0 Å². The van der Waals surface area contributed by atoms with Crippen LogP contribution in [-0.4, -0.2) is 58.6 Å². The molecule has 4 N–H and O–H groups in total. The lowest BCUT2D eigenvalue weighted by atomic mass is 10.3. The fourth-order valence-corrected chi connectivity index (χ4v) is 0.844. The summed E-state index contributed by atoms with van der Waals surface area (Å²) >= 11 is 0. The summed E-state index contributed by atoms with van der Waals surface area (Å²) in [5.41, 5.74) is 2.69. The molecular formula is C7H16N2O4. The SMILES string of the molecule is CC(C(=O)O)N(CCO)NCCO. The molecule has 0 saturated heterocycles. The van der Waals surface area contributed by atoms with Crippen LogP contribution in [0.2, 0.25) is 0 Å². The number of hydrazine groups is 1. The van der Waals surface area contributed by atoms with Gasteiger partial charge in [0.15, 0.2) is 0 Å². The third kappa shape index (κ3) is 4.79. The Morgan fingerprint density at radius 1 is 1.46 bits per heavy atom. The van der Waals surface area contributed by atoms with E-state index in [1.165, 1.54) is 11.9 Å². The van der Waals surface area contributed by atoms with Crippen LogP contribution in [0, 0.1) is 0 Å². The summed E-state index contributed by atoms with van der Waals surface area (Å²) in [6, 6.07) is -0.723. The van der Waals surface area contributed by atoms with Crippen LogP contribution in [0.15, 0.2) is 0 Å². The van der Waals surface area contributed by atoms with Crippen LogP contribution in [0.4, 0.5) is 0 Å². The van der Waals surface area contributed by atoms with Crippen LogP contribution >= 0.6 is 0 Å². The highest BCUT2D eigenvalue weighted by Gasteiger charge is 2.19. The fourth-order valence-electron chi connectivity index (χ4n) is 0.844. The molecule has 6 heteroatoms. The molecular weight excluding hydrogens is 176 g/mol. The average molecular weight is 192 g/mol. The van der Waals surface area contributed by atoms with E-state index in [-0.39, 0.29) is 26.3 Å². The lowest BCUT2D eigenvalue weighted by Gasteiger charge is -2.25. The topological polar surface area (TPSA) is 93.0 Å². The Kier molecular flexibility index (Phi) is 6.43. The molecule has 0 saturated carbocycles. The summed E-state index contributed by atoms with van der Waals surface area (Å²) < 4.78 is 0. The molecule has 0 aromatic rings. The van der Waals surface area contributed by atoms with E-state index in [1.54, 1.807) is 0 Å². The van der Waals surface area contributed by atoms with E-state index in [2.05, 4.69) is 5.43 Å². The minimum Gasteiger partial charge on any atom is -0.480 e.